The number of carbonyl (C=O) groups excluding carboxylic acids is 1. The Morgan fingerprint density at radius 1 is 1.53 bits per heavy atom. The van der Waals surface area contributed by atoms with Crippen LogP contribution in [0.2, 0.25) is 0 Å². The molecule has 0 spiro atoms. The third-order valence-corrected chi connectivity index (χ3v) is 3.00. The number of rotatable bonds is 5. The number of pyridine rings is 1. The second-order valence-corrected chi connectivity index (χ2v) is 4.46. The van der Waals surface area contributed by atoms with Crippen molar-refractivity contribution in [1.29, 1.82) is 0 Å². The van der Waals surface area contributed by atoms with Crippen LogP contribution >= 0.6 is 0 Å². The first-order valence-electron chi connectivity index (χ1n) is 6.20. The second-order valence-electron chi connectivity index (χ2n) is 4.46. The number of hydrogen-bond donors (Lipinski definition) is 1. The molecule has 2 heterocycles. The highest BCUT2D eigenvalue weighted by molar-refractivity contribution is 5.95. The number of carboxylic acids is 1. The molecule has 2 rings (SSSR count). The summed E-state index contributed by atoms with van der Waals surface area (Å²) in [6, 6.07) is 3.36. The predicted octanol–water partition coefficient (Wildman–Crippen LogP) is 1.17. The van der Waals surface area contributed by atoms with E-state index >= 15 is 0 Å². The van der Waals surface area contributed by atoms with Gasteiger partial charge in [0.1, 0.15) is 11.4 Å². The lowest BCUT2D eigenvalue weighted by atomic mass is 9.96. The normalized spacial score (nSPS) is 14.9. The van der Waals surface area contributed by atoms with Gasteiger partial charge in [-0.1, -0.05) is 0 Å². The smallest absolute Gasteiger partial charge is 0.341 e. The second kappa shape index (κ2) is 5.69. The molecule has 0 radical (unpaired) electrons. The molecule has 0 aromatic carbocycles. The molecule has 0 unspecified atom stereocenters. The van der Waals surface area contributed by atoms with E-state index in [1.165, 1.54) is 0 Å². The monoisotopic (exact) mass is 264 g/mol. The quantitative estimate of drug-likeness (QED) is 0.804. The third kappa shape index (κ3) is 3.01. The van der Waals surface area contributed by atoms with Crippen LogP contribution in [0.4, 0.5) is 5.82 Å². The summed E-state index contributed by atoms with van der Waals surface area (Å²) in [6.45, 7) is 3.28. The predicted molar refractivity (Wildman–Crippen MR) is 68.1 cm³/mol. The Morgan fingerprint density at radius 3 is 2.89 bits per heavy atom. The van der Waals surface area contributed by atoms with E-state index in [9.17, 15) is 9.59 Å². The van der Waals surface area contributed by atoms with Gasteiger partial charge in [-0.2, -0.15) is 0 Å². The topological polar surface area (TPSA) is 79.7 Å². The summed E-state index contributed by atoms with van der Waals surface area (Å²) in [5.74, 6) is -0.499. The summed E-state index contributed by atoms with van der Waals surface area (Å²) >= 11 is 0. The molecule has 0 saturated carbocycles. The molecule has 0 aliphatic carbocycles. The minimum Gasteiger partial charge on any atom is -0.481 e. The van der Waals surface area contributed by atoms with Crippen LogP contribution in [0.3, 0.4) is 0 Å². The SMILES string of the molecule is CCOC(=O)c1cccnc1N1CC(CC(=O)O)C1. The lowest BCUT2D eigenvalue weighted by Gasteiger charge is -2.40. The largest absolute Gasteiger partial charge is 0.481 e. The van der Waals surface area contributed by atoms with E-state index in [0.29, 0.717) is 31.1 Å². The van der Waals surface area contributed by atoms with Gasteiger partial charge in [-0.25, -0.2) is 9.78 Å². The zero-order valence-electron chi connectivity index (χ0n) is 10.7. The summed E-state index contributed by atoms with van der Waals surface area (Å²) in [5.41, 5.74) is 0.429. The van der Waals surface area contributed by atoms with Crippen molar-refractivity contribution in [3.63, 3.8) is 0 Å². The van der Waals surface area contributed by atoms with Gasteiger partial charge in [0.05, 0.1) is 13.0 Å². The Balaban J connectivity index is 2.06. The Bertz CT molecular complexity index is 483. The number of aliphatic carboxylic acids is 1. The molecule has 0 bridgehead atoms. The molecule has 1 saturated heterocycles. The number of anilines is 1. The van der Waals surface area contributed by atoms with Gasteiger partial charge in [0, 0.05) is 25.2 Å². The van der Waals surface area contributed by atoms with Crippen LogP contribution in [0.15, 0.2) is 18.3 Å². The van der Waals surface area contributed by atoms with Crippen molar-refractivity contribution in [3.8, 4) is 0 Å². The Hall–Kier alpha value is -2.11. The van der Waals surface area contributed by atoms with E-state index in [-0.39, 0.29) is 12.3 Å². The molecule has 1 aromatic rings. The standard InChI is InChI=1S/C13H16N2O4/c1-2-19-13(18)10-4-3-5-14-12(10)15-7-9(8-15)6-11(16)17/h3-5,9H,2,6-8H2,1H3,(H,16,17). The van der Waals surface area contributed by atoms with Gasteiger partial charge in [0.25, 0.3) is 0 Å². The van der Waals surface area contributed by atoms with E-state index in [1.807, 2.05) is 4.90 Å². The van der Waals surface area contributed by atoms with Gasteiger partial charge in [-0.05, 0) is 19.1 Å². The first kappa shape index (κ1) is 13.3. The van der Waals surface area contributed by atoms with Crippen molar-refractivity contribution in [2.75, 3.05) is 24.6 Å². The fraction of sp³-hybridized carbons (Fsp3) is 0.462. The molecular weight excluding hydrogens is 248 g/mol. The van der Waals surface area contributed by atoms with Crippen LogP contribution in [-0.4, -0.2) is 41.7 Å². The summed E-state index contributed by atoms with van der Waals surface area (Å²) in [6.07, 6.45) is 1.76. The zero-order chi connectivity index (χ0) is 13.8. The summed E-state index contributed by atoms with van der Waals surface area (Å²) in [4.78, 5) is 28.5. The van der Waals surface area contributed by atoms with Crippen molar-refractivity contribution in [2.45, 2.75) is 13.3 Å². The van der Waals surface area contributed by atoms with Crippen LogP contribution in [0.1, 0.15) is 23.7 Å². The zero-order valence-corrected chi connectivity index (χ0v) is 10.7. The van der Waals surface area contributed by atoms with Crippen molar-refractivity contribution < 1.29 is 19.4 Å². The number of carboxylic acid groups (broad SMARTS) is 1. The summed E-state index contributed by atoms with van der Waals surface area (Å²) in [5, 5.41) is 8.71. The molecule has 0 atom stereocenters. The van der Waals surface area contributed by atoms with E-state index < -0.39 is 11.9 Å². The van der Waals surface area contributed by atoms with E-state index in [2.05, 4.69) is 4.98 Å². The van der Waals surface area contributed by atoms with Gasteiger partial charge in [0.15, 0.2) is 0 Å². The lowest BCUT2D eigenvalue weighted by Crippen LogP contribution is -2.48. The molecule has 1 aromatic heterocycles. The first-order valence-corrected chi connectivity index (χ1v) is 6.20. The number of ether oxygens (including phenoxy) is 1. The molecule has 1 fully saturated rings. The molecule has 6 nitrogen and oxygen atoms in total. The minimum absolute atomic E-state index is 0.120. The first-order chi connectivity index (χ1) is 9.11. The van der Waals surface area contributed by atoms with Crippen LogP contribution in [0.5, 0.6) is 0 Å². The maximum absolute atomic E-state index is 11.8. The summed E-state index contributed by atoms with van der Waals surface area (Å²) in [7, 11) is 0. The van der Waals surface area contributed by atoms with Gasteiger partial charge < -0.3 is 14.7 Å². The Kier molecular flexibility index (Phi) is 3.99. The average Bonchev–Trinajstić information content (AvgIpc) is 2.33. The van der Waals surface area contributed by atoms with Crippen LogP contribution in [-0.2, 0) is 9.53 Å². The van der Waals surface area contributed by atoms with Gasteiger partial charge >= 0.3 is 11.9 Å². The molecule has 19 heavy (non-hydrogen) atoms. The van der Waals surface area contributed by atoms with Crippen LogP contribution in [0.25, 0.3) is 0 Å². The molecule has 0 amide bonds. The third-order valence-electron chi connectivity index (χ3n) is 3.00. The molecular formula is C13H16N2O4. The number of carbonyl (C=O) groups is 2. The van der Waals surface area contributed by atoms with Crippen molar-refractivity contribution in [2.24, 2.45) is 5.92 Å². The molecule has 1 aliphatic heterocycles. The van der Waals surface area contributed by atoms with Crippen LogP contribution in [0, 0.1) is 5.92 Å². The molecule has 6 heteroatoms. The molecule has 102 valence electrons. The number of hydrogen-bond acceptors (Lipinski definition) is 5. The highest BCUT2D eigenvalue weighted by Crippen LogP contribution is 2.27. The molecule has 1 aliphatic rings. The Labute approximate surface area is 111 Å². The molecule has 1 N–H and O–H groups in total. The van der Waals surface area contributed by atoms with Gasteiger partial charge in [0.2, 0.25) is 0 Å². The van der Waals surface area contributed by atoms with Gasteiger partial charge in [-0.15, -0.1) is 0 Å². The fourth-order valence-corrected chi connectivity index (χ4v) is 2.14. The fourth-order valence-electron chi connectivity index (χ4n) is 2.14. The maximum Gasteiger partial charge on any atom is 0.341 e. The van der Waals surface area contributed by atoms with Crippen molar-refractivity contribution in [3.05, 3.63) is 23.9 Å². The van der Waals surface area contributed by atoms with Crippen molar-refractivity contribution >= 4 is 17.8 Å². The average molecular weight is 264 g/mol. The number of nitrogens with zero attached hydrogens (tertiary/aromatic N) is 2. The van der Waals surface area contributed by atoms with Crippen LogP contribution < -0.4 is 4.90 Å². The van der Waals surface area contributed by atoms with E-state index in [1.54, 1.807) is 25.3 Å². The lowest BCUT2D eigenvalue weighted by molar-refractivity contribution is -0.138. The van der Waals surface area contributed by atoms with E-state index in [4.69, 9.17) is 9.84 Å². The summed E-state index contributed by atoms with van der Waals surface area (Å²) < 4.78 is 4.98. The maximum atomic E-state index is 11.8. The number of esters is 1. The Morgan fingerprint density at radius 2 is 2.26 bits per heavy atom. The highest BCUT2D eigenvalue weighted by atomic mass is 16.5. The van der Waals surface area contributed by atoms with Gasteiger partial charge in [-0.3, -0.25) is 4.79 Å². The van der Waals surface area contributed by atoms with E-state index in [0.717, 1.165) is 0 Å². The minimum atomic E-state index is -0.795. The number of aromatic nitrogens is 1. The highest BCUT2D eigenvalue weighted by Gasteiger charge is 2.32. The van der Waals surface area contributed by atoms with Crippen molar-refractivity contribution in [1.82, 2.24) is 4.98 Å².